The summed E-state index contributed by atoms with van der Waals surface area (Å²) in [4.78, 5) is 18.4. The summed E-state index contributed by atoms with van der Waals surface area (Å²) in [7, 11) is 1.96. The van der Waals surface area contributed by atoms with E-state index in [-0.39, 0.29) is 11.9 Å². The van der Waals surface area contributed by atoms with Crippen molar-refractivity contribution in [2.45, 2.75) is 26.3 Å². The van der Waals surface area contributed by atoms with Crippen LogP contribution in [-0.2, 0) is 4.79 Å². The van der Waals surface area contributed by atoms with Gasteiger partial charge in [0.1, 0.15) is 5.01 Å². The summed E-state index contributed by atoms with van der Waals surface area (Å²) in [6, 6.07) is 8.27. The van der Waals surface area contributed by atoms with Crippen LogP contribution in [0.5, 0.6) is 0 Å². The first-order valence-corrected chi connectivity index (χ1v) is 7.76. The van der Waals surface area contributed by atoms with Gasteiger partial charge in [0.15, 0.2) is 0 Å². The van der Waals surface area contributed by atoms with Gasteiger partial charge in [0.2, 0.25) is 5.91 Å². The lowest BCUT2D eigenvalue weighted by atomic mass is 10.3. The highest BCUT2D eigenvalue weighted by molar-refractivity contribution is 7.18. The van der Waals surface area contributed by atoms with Crippen molar-refractivity contribution in [2.75, 3.05) is 20.1 Å². The third-order valence-electron chi connectivity index (χ3n) is 3.29. The van der Waals surface area contributed by atoms with Gasteiger partial charge < -0.3 is 5.32 Å². The van der Waals surface area contributed by atoms with Crippen LogP contribution in [0.25, 0.3) is 10.2 Å². The van der Waals surface area contributed by atoms with Gasteiger partial charge in [0, 0.05) is 6.54 Å². The molecule has 20 heavy (non-hydrogen) atoms. The molecule has 1 aromatic carbocycles. The van der Waals surface area contributed by atoms with Gasteiger partial charge in [0.25, 0.3) is 0 Å². The quantitative estimate of drug-likeness (QED) is 0.890. The van der Waals surface area contributed by atoms with Crippen LogP contribution in [0.15, 0.2) is 24.3 Å². The number of hydrogen-bond donors (Lipinski definition) is 1. The number of nitrogens with one attached hydrogen (secondary N) is 1. The molecule has 0 radical (unpaired) electrons. The van der Waals surface area contributed by atoms with Crippen LogP contribution in [0.1, 0.15) is 31.3 Å². The van der Waals surface area contributed by atoms with Crippen molar-refractivity contribution >= 4 is 27.5 Å². The fraction of sp³-hybridized carbons (Fsp3) is 0.467. The van der Waals surface area contributed by atoms with Gasteiger partial charge in [0.05, 0.1) is 22.8 Å². The Morgan fingerprint density at radius 3 is 2.90 bits per heavy atom. The molecule has 0 spiro atoms. The van der Waals surface area contributed by atoms with Crippen LogP contribution in [0.4, 0.5) is 0 Å². The molecule has 0 saturated carbocycles. The monoisotopic (exact) mass is 291 g/mol. The van der Waals surface area contributed by atoms with Crippen molar-refractivity contribution in [1.82, 2.24) is 15.2 Å². The van der Waals surface area contributed by atoms with Crippen molar-refractivity contribution < 1.29 is 4.79 Å². The van der Waals surface area contributed by atoms with Gasteiger partial charge >= 0.3 is 0 Å². The normalized spacial score (nSPS) is 12.8. The van der Waals surface area contributed by atoms with Crippen LogP contribution < -0.4 is 5.32 Å². The molecule has 108 valence electrons. The van der Waals surface area contributed by atoms with Gasteiger partial charge in [-0.1, -0.05) is 19.1 Å². The molecule has 1 heterocycles. The van der Waals surface area contributed by atoms with Crippen LogP contribution in [0, 0.1) is 0 Å². The van der Waals surface area contributed by atoms with Gasteiger partial charge in [-0.25, -0.2) is 4.98 Å². The van der Waals surface area contributed by atoms with Crippen LogP contribution in [0.3, 0.4) is 0 Å². The zero-order valence-corrected chi connectivity index (χ0v) is 13.0. The molecule has 0 saturated heterocycles. The number of benzene rings is 1. The standard InChI is InChI=1S/C15H21N3OS/c1-4-9-16-14(19)10-18(3)11(2)15-17-12-7-5-6-8-13(12)20-15/h5-8,11H,4,9-10H2,1-3H3,(H,16,19)/t11-/m0/s1. The lowest BCUT2D eigenvalue weighted by molar-refractivity contribution is -0.122. The van der Waals surface area contributed by atoms with E-state index in [4.69, 9.17) is 0 Å². The van der Waals surface area contributed by atoms with E-state index in [0.717, 1.165) is 23.5 Å². The summed E-state index contributed by atoms with van der Waals surface area (Å²) in [5.74, 6) is 0.0716. The maximum Gasteiger partial charge on any atom is 0.234 e. The Hall–Kier alpha value is -1.46. The van der Waals surface area contributed by atoms with Crippen LogP contribution >= 0.6 is 11.3 Å². The molecular weight excluding hydrogens is 270 g/mol. The molecule has 0 aliphatic rings. The molecule has 0 bridgehead atoms. The summed E-state index contributed by atoms with van der Waals surface area (Å²) < 4.78 is 1.19. The van der Waals surface area contributed by atoms with Crippen LogP contribution in [0.2, 0.25) is 0 Å². The highest BCUT2D eigenvalue weighted by Crippen LogP contribution is 2.28. The van der Waals surface area contributed by atoms with Crippen molar-refractivity contribution in [1.29, 1.82) is 0 Å². The molecule has 1 aromatic heterocycles. The number of thiazole rings is 1. The second-order valence-electron chi connectivity index (χ2n) is 4.96. The fourth-order valence-corrected chi connectivity index (χ4v) is 3.03. The SMILES string of the molecule is CCCNC(=O)CN(C)[C@@H](C)c1nc2ccccc2s1. The predicted octanol–water partition coefficient (Wildman–Crippen LogP) is 2.82. The molecule has 5 heteroatoms. The number of likely N-dealkylation sites (N-methyl/N-ethyl adjacent to an activating group) is 1. The average Bonchev–Trinajstić information content (AvgIpc) is 2.87. The molecule has 0 aliphatic carbocycles. The lowest BCUT2D eigenvalue weighted by Crippen LogP contribution is -2.36. The Labute approximate surface area is 123 Å². The molecule has 0 unspecified atom stereocenters. The molecule has 0 aliphatic heterocycles. The molecule has 1 atom stereocenters. The number of rotatable bonds is 6. The van der Waals surface area contributed by atoms with E-state index < -0.39 is 0 Å². The minimum Gasteiger partial charge on any atom is -0.355 e. The molecule has 1 N–H and O–H groups in total. The minimum absolute atomic E-state index is 0.0716. The van der Waals surface area contributed by atoms with Crippen molar-refractivity contribution in [2.24, 2.45) is 0 Å². The Balaban J connectivity index is 2.02. The van der Waals surface area contributed by atoms with E-state index in [2.05, 4.69) is 23.3 Å². The highest BCUT2D eigenvalue weighted by Gasteiger charge is 2.18. The molecule has 1 amide bonds. The molecule has 2 rings (SSSR count). The first kappa shape index (κ1) is 14.9. The second kappa shape index (κ2) is 6.81. The lowest BCUT2D eigenvalue weighted by Gasteiger charge is -2.22. The van der Waals surface area contributed by atoms with Gasteiger partial charge in [-0.05, 0) is 32.5 Å². The van der Waals surface area contributed by atoms with Crippen molar-refractivity contribution in [3.8, 4) is 0 Å². The molecular formula is C15H21N3OS. The van der Waals surface area contributed by atoms with Crippen LogP contribution in [-0.4, -0.2) is 35.9 Å². The third kappa shape index (κ3) is 3.55. The minimum atomic E-state index is 0.0716. The average molecular weight is 291 g/mol. The van der Waals surface area contributed by atoms with Crippen molar-refractivity contribution in [3.63, 3.8) is 0 Å². The first-order chi connectivity index (χ1) is 9.61. The van der Waals surface area contributed by atoms with E-state index in [1.807, 2.05) is 37.1 Å². The number of aromatic nitrogens is 1. The second-order valence-corrected chi connectivity index (χ2v) is 6.02. The van der Waals surface area contributed by atoms with E-state index >= 15 is 0 Å². The highest BCUT2D eigenvalue weighted by atomic mass is 32.1. The molecule has 4 nitrogen and oxygen atoms in total. The first-order valence-electron chi connectivity index (χ1n) is 6.94. The summed E-state index contributed by atoms with van der Waals surface area (Å²) in [6.45, 7) is 5.28. The number of carbonyl (C=O) groups excluding carboxylic acids is 1. The fourth-order valence-electron chi connectivity index (χ4n) is 1.94. The number of fused-ring (bicyclic) bond motifs is 1. The molecule has 0 fully saturated rings. The maximum absolute atomic E-state index is 11.8. The number of amides is 1. The maximum atomic E-state index is 11.8. The van der Waals surface area contributed by atoms with Gasteiger partial charge in [-0.3, -0.25) is 9.69 Å². The van der Waals surface area contributed by atoms with E-state index in [9.17, 15) is 4.79 Å². The van der Waals surface area contributed by atoms with Gasteiger partial charge in [-0.2, -0.15) is 0 Å². The smallest absolute Gasteiger partial charge is 0.234 e. The zero-order valence-electron chi connectivity index (χ0n) is 12.2. The Morgan fingerprint density at radius 2 is 2.20 bits per heavy atom. The predicted molar refractivity (Wildman–Crippen MR) is 84.0 cm³/mol. The summed E-state index contributed by atoms with van der Waals surface area (Å²) in [6.07, 6.45) is 0.961. The zero-order chi connectivity index (χ0) is 14.5. The number of carbonyl (C=O) groups is 1. The summed E-state index contributed by atoms with van der Waals surface area (Å²) in [5, 5.41) is 3.95. The Morgan fingerprint density at radius 1 is 1.45 bits per heavy atom. The number of para-hydroxylation sites is 1. The molecule has 2 aromatic rings. The Kier molecular flexibility index (Phi) is 5.09. The van der Waals surface area contributed by atoms with E-state index in [1.54, 1.807) is 11.3 Å². The van der Waals surface area contributed by atoms with Gasteiger partial charge in [-0.15, -0.1) is 11.3 Å². The van der Waals surface area contributed by atoms with Crippen molar-refractivity contribution in [3.05, 3.63) is 29.3 Å². The topological polar surface area (TPSA) is 45.2 Å². The van der Waals surface area contributed by atoms with E-state index in [1.165, 1.54) is 4.70 Å². The summed E-state index contributed by atoms with van der Waals surface area (Å²) >= 11 is 1.69. The number of hydrogen-bond acceptors (Lipinski definition) is 4. The Bertz CT molecular complexity index is 548. The largest absolute Gasteiger partial charge is 0.355 e. The summed E-state index contributed by atoms with van der Waals surface area (Å²) in [5.41, 5.74) is 1.03. The number of nitrogens with zero attached hydrogens (tertiary/aromatic N) is 2. The third-order valence-corrected chi connectivity index (χ3v) is 4.50. The van der Waals surface area contributed by atoms with E-state index in [0.29, 0.717) is 6.54 Å².